The number of nitrogens with one attached hydrogen (secondary N) is 2. The van der Waals surface area contributed by atoms with Crippen molar-refractivity contribution in [3.05, 3.63) is 29.8 Å². The summed E-state index contributed by atoms with van der Waals surface area (Å²) in [5.41, 5.74) is 3.03. The molecule has 2 N–H and O–H groups in total. The van der Waals surface area contributed by atoms with Crippen molar-refractivity contribution in [3.8, 4) is 0 Å². The molecule has 1 aromatic rings. The van der Waals surface area contributed by atoms with Crippen LogP contribution in [0.3, 0.4) is 0 Å². The summed E-state index contributed by atoms with van der Waals surface area (Å²) in [6, 6.07) is 11.1. The summed E-state index contributed by atoms with van der Waals surface area (Å²) in [7, 11) is 0. The summed E-state index contributed by atoms with van der Waals surface area (Å²) >= 11 is 0. The SMILES string of the molecule is CC(C)(C)c1ccc(N2CCC(NC3CCCC3C3COCCN3)CC2)cc1. The number of anilines is 1. The molecule has 0 spiro atoms. The van der Waals surface area contributed by atoms with Crippen molar-refractivity contribution in [1.29, 1.82) is 0 Å². The molecule has 1 aliphatic carbocycles. The molecule has 156 valence electrons. The monoisotopic (exact) mass is 385 g/mol. The van der Waals surface area contributed by atoms with Crippen LogP contribution in [0.2, 0.25) is 0 Å². The molecule has 4 rings (SSSR count). The average Bonchev–Trinajstić information content (AvgIpc) is 3.17. The Morgan fingerprint density at radius 3 is 2.43 bits per heavy atom. The Labute approximate surface area is 171 Å². The second-order valence-corrected chi connectivity index (χ2v) is 10.1. The van der Waals surface area contributed by atoms with Crippen LogP contribution in [0.25, 0.3) is 0 Å². The van der Waals surface area contributed by atoms with Gasteiger partial charge in [0.1, 0.15) is 0 Å². The first-order valence-electron chi connectivity index (χ1n) is 11.4. The molecular formula is C24H39N3O. The number of nitrogens with zero attached hydrogens (tertiary/aromatic N) is 1. The van der Waals surface area contributed by atoms with Crippen molar-refractivity contribution in [1.82, 2.24) is 10.6 Å². The molecule has 2 aliphatic heterocycles. The molecule has 0 radical (unpaired) electrons. The van der Waals surface area contributed by atoms with Gasteiger partial charge in [-0.15, -0.1) is 0 Å². The Bertz CT molecular complexity index is 610. The van der Waals surface area contributed by atoms with Gasteiger partial charge in [-0.3, -0.25) is 0 Å². The van der Waals surface area contributed by atoms with Gasteiger partial charge in [-0.25, -0.2) is 0 Å². The number of benzene rings is 1. The van der Waals surface area contributed by atoms with E-state index in [-0.39, 0.29) is 5.41 Å². The summed E-state index contributed by atoms with van der Waals surface area (Å²) in [6.45, 7) is 11.9. The summed E-state index contributed by atoms with van der Waals surface area (Å²) in [5, 5.41) is 7.74. The fourth-order valence-corrected chi connectivity index (χ4v) is 5.32. The number of morpholine rings is 1. The fourth-order valence-electron chi connectivity index (χ4n) is 5.32. The Balaban J connectivity index is 1.28. The van der Waals surface area contributed by atoms with Gasteiger partial charge in [0.25, 0.3) is 0 Å². The molecule has 3 unspecified atom stereocenters. The third kappa shape index (κ3) is 4.72. The van der Waals surface area contributed by atoms with Gasteiger partial charge in [0.05, 0.1) is 13.2 Å². The van der Waals surface area contributed by atoms with Crippen LogP contribution >= 0.6 is 0 Å². The van der Waals surface area contributed by atoms with Crippen molar-refractivity contribution in [3.63, 3.8) is 0 Å². The van der Waals surface area contributed by atoms with Gasteiger partial charge in [0.15, 0.2) is 0 Å². The lowest BCUT2D eigenvalue weighted by atomic mass is 9.87. The van der Waals surface area contributed by atoms with E-state index in [4.69, 9.17) is 4.74 Å². The van der Waals surface area contributed by atoms with Crippen LogP contribution in [0, 0.1) is 5.92 Å². The molecular weight excluding hydrogens is 346 g/mol. The second-order valence-electron chi connectivity index (χ2n) is 10.1. The third-order valence-corrected chi connectivity index (χ3v) is 7.08. The van der Waals surface area contributed by atoms with Crippen LogP contribution in [0.15, 0.2) is 24.3 Å². The first kappa shape index (κ1) is 20.2. The molecule has 4 heteroatoms. The van der Waals surface area contributed by atoms with Crippen molar-refractivity contribution in [2.24, 2.45) is 5.92 Å². The van der Waals surface area contributed by atoms with Crippen molar-refractivity contribution >= 4 is 5.69 Å². The zero-order chi connectivity index (χ0) is 19.6. The van der Waals surface area contributed by atoms with E-state index in [1.54, 1.807) is 0 Å². The minimum absolute atomic E-state index is 0.228. The Hall–Kier alpha value is -1.10. The van der Waals surface area contributed by atoms with Gasteiger partial charge in [0.2, 0.25) is 0 Å². The highest BCUT2D eigenvalue weighted by atomic mass is 16.5. The lowest BCUT2D eigenvalue weighted by Gasteiger charge is -2.38. The molecule has 0 amide bonds. The first-order chi connectivity index (χ1) is 13.5. The highest BCUT2D eigenvalue weighted by molar-refractivity contribution is 5.49. The summed E-state index contributed by atoms with van der Waals surface area (Å²) in [5.74, 6) is 0.739. The lowest BCUT2D eigenvalue weighted by Crippen LogP contribution is -2.53. The average molecular weight is 386 g/mol. The zero-order valence-electron chi connectivity index (χ0n) is 18.0. The van der Waals surface area contributed by atoms with Crippen LogP contribution in [-0.4, -0.2) is 51.0 Å². The van der Waals surface area contributed by atoms with Crippen LogP contribution in [0.5, 0.6) is 0 Å². The number of hydrogen-bond donors (Lipinski definition) is 2. The fraction of sp³-hybridized carbons (Fsp3) is 0.750. The second kappa shape index (κ2) is 8.73. The molecule has 3 aliphatic rings. The normalized spacial score (nSPS) is 30.0. The minimum Gasteiger partial charge on any atom is -0.379 e. The van der Waals surface area contributed by atoms with Gasteiger partial charge in [-0.05, 0) is 54.7 Å². The number of rotatable bonds is 4. The van der Waals surface area contributed by atoms with E-state index in [2.05, 4.69) is 60.6 Å². The van der Waals surface area contributed by atoms with E-state index < -0.39 is 0 Å². The van der Waals surface area contributed by atoms with Gasteiger partial charge in [0, 0.05) is 43.4 Å². The highest BCUT2D eigenvalue weighted by Crippen LogP contribution is 2.31. The summed E-state index contributed by atoms with van der Waals surface area (Å²) in [4.78, 5) is 2.56. The minimum atomic E-state index is 0.228. The van der Waals surface area contributed by atoms with E-state index in [9.17, 15) is 0 Å². The molecule has 1 aromatic carbocycles. The molecule has 1 saturated carbocycles. The highest BCUT2D eigenvalue weighted by Gasteiger charge is 2.36. The van der Waals surface area contributed by atoms with Gasteiger partial charge >= 0.3 is 0 Å². The van der Waals surface area contributed by atoms with Crippen molar-refractivity contribution in [2.75, 3.05) is 37.7 Å². The predicted molar refractivity (Wildman–Crippen MR) is 117 cm³/mol. The smallest absolute Gasteiger partial charge is 0.0623 e. The molecule has 2 heterocycles. The summed E-state index contributed by atoms with van der Waals surface area (Å²) in [6.07, 6.45) is 6.53. The molecule has 2 saturated heterocycles. The molecule has 3 fully saturated rings. The maximum atomic E-state index is 5.73. The van der Waals surface area contributed by atoms with Gasteiger partial charge < -0.3 is 20.3 Å². The predicted octanol–water partition coefficient (Wildman–Crippen LogP) is 3.70. The largest absolute Gasteiger partial charge is 0.379 e. The molecule has 4 nitrogen and oxygen atoms in total. The standard InChI is InChI=1S/C24H39N3O/c1-24(2,3)18-7-9-20(10-8-18)27-14-11-19(12-15-27)26-22-6-4-5-21(22)23-17-28-16-13-25-23/h7-10,19,21-23,25-26H,4-6,11-17H2,1-3H3. The molecule has 0 bridgehead atoms. The maximum absolute atomic E-state index is 5.73. The Morgan fingerprint density at radius 1 is 1.04 bits per heavy atom. The van der Waals surface area contributed by atoms with E-state index in [0.29, 0.717) is 18.1 Å². The first-order valence-corrected chi connectivity index (χ1v) is 11.4. The van der Waals surface area contributed by atoms with E-state index in [1.807, 2.05) is 0 Å². The quantitative estimate of drug-likeness (QED) is 0.829. The lowest BCUT2D eigenvalue weighted by molar-refractivity contribution is 0.0514. The molecule has 3 atom stereocenters. The Kier molecular flexibility index (Phi) is 6.29. The third-order valence-electron chi connectivity index (χ3n) is 7.08. The van der Waals surface area contributed by atoms with Crippen LogP contribution in [0.4, 0.5) is 5.69 Å². The number of piperidine rings is 1. The van der Waals surface area contributed by atoms with Crippen LogP contribution in [-0.2, 0) is 10.2 Å². The molecule has 0 aromatic heterocycles. The van der Waals surface area contributed by atoms with E-state index in [1.165, 1.54) is 43.4 Å². The van der Waals surface area contributed by atoms with E-state index >= 15 is 0 Å². The maximum Gasteiger partial charge on any atom is 0.0623 e. The van der Waals surface area contributed by atoms with Crippen molar-refractivity contribution < 1.29 is 4.74 Å². The molecule has 28 heavy (non-hydrogen) atoms. The van der Waals surface area contributed by atoms with Crippen LogP contribution < -0.4 is 15.5 Å². The topological polar surface area (TPSA) is 36.5 Å². The van der Waals surface area contributed by atoms with Crippen LogP contribution in [0.1, 0.15) is 58.4 Å². The Morgan fingerprint density at radius 2 is 1.79 bits per heavy atom. The van der Waals surface area contributed by atoms with Gasteiger partial charge in [-0.2, -0.15) is 0 Å². The van der Waals surface area contributed by atoms with E-state index in [0.717, 1.165) is 38.8 Å². The number of ether oxygens (including phenoxy) is 1. The van der Waals surface area contributed by atoms with Gasteiger partial charge in [-0.1, -0.05) is 39.3 Å². The zero-order valence-corrected chi connectivity index (χ0v) is 18.0. The summed E-state index contributed by atoms with van der Waals surface area (Å²) < 4.78 is 5.73. The number of hydrogen-bond acceptors (Lipinski definition) is 4. The van der Waals surface area contributed by atoms with Crippen molar-refractivity contribution in [2.45, 2.75) is 76.4 Å².